The summed E-state index contributed by atoms with van der Waals surface area (Å²) in [4.78, 5) is 22.6. The fraction of sp³-hybridized carbons (Fsp3) is 0.333. The van der Waals surface area contributed by atoms with Crippen LogP contribution in [0.2, 0.25) is 0 Å². The van der Waals surface area contributed by atoms with E-state index < -0.39 is 0 Å². The lowest BCUT2D eigenvalue weighted by Crippen LogP contribution is -2.39. The quantitative estimate of drug-likeness (QED) is 0.736. The number of hydrogen-bond acceptors (Lipinski definition) is 4. The van der Waals surface area contributed by atoms with Crippen LogP contribution >= 0.6 is 11.3 Å². The van der Waals surface area contributed by atoms with Crippen LogP contribution in [0.25, 0.3) is 16.2 Å². The Kier molecular flexibility index (Phi) is 3.86. The first-order chi connectivity index (χ1) is 11.6. The van der Waals surface area contributed by atoms with Crippen LogP contribution < -0.4 is 0 Å². The third-order valence-electron chi connectivity index (χ3n) is 4.73. The molecule has 1 saturated heterocycles. The second-order valence-corrected chi connectivity index (χ2v) is 7.22. The van der Waals surface area contributed by atoms with Gasteiger partial charge in [-0.25, -0.2) is 4.98 Å². The highest BCUT2D eigenvalue weighted by atomic mass is 32.1. The number of aromatic nitrogens is 2. The van der Waals surface area contributed by atoms with Crippen LogP contribution in [0.15, 0.2) is 41.9 Å². The summed E-state index contributed by atoms with van der Waals surface area (Å²) in [6, 6.07) is 10.3. The van der Waals surface area contributed by atoms with Crippen molar-refractivity contribution < 1.29 is 4.79 Å². The molecule has 1 aromatic carbocycles. The van der Waals surface area contributed by atoms with Gasteiger partial charge >= 0.3 is 0 Å². The number of likely N-dealkylation sites (tertiary alicyclic amines) is 1. The molecule has 0 N–H and O–H groups in total. The molecule has 1 aliphatic heterocycles. The van der Waals surface area contributed by atoms with Gasteiger partial charge in [-0.3, -0.25) is 9.20 Å². The molecule has 1 aliphatic rings. The molecule has 1 fully saturated rings. The Morgan fingerprint density at radius 2 is 2.12 bits per heavy atom. The van der Waals surface area contributed by atoms with Crippen molar-refractivity contribution in [2.75, 3.05) is 27.2 Å². The molecule has 0 saturated carbocycles. The van der Waals surface area contributed by atoms with E-state index in [1.54, 1.807) is 0 Å². The summed E-state index contributed by atoms with van der Waals surface area (Å²) in [7, 11) is 4.01. The topological polar surface area (TPSA) is 40.8 Å². The maximum Gasteiger partial charge on any atom is 0.271 e. The summed E-state index contributed by atoms with van der Waals surface area (Å²) < 4.78 is 1.92. The van der Waals surface area contributed by atoms with Gasteiger partial charge in [-0.2, -0.15) is 0 Å². The second kappa shape index (κ2) is 6.03. The van der Waals surface area contributed by atoms with E-state index in [0.29, 0.717) is 5.69 Å². The largest absolute Gasteiger partial charge is 0.336 e. The highest BCUT2D eigenvalue weighted by molar-refractivity contribution is 7.15. The van der Waals surface area contributed by atoms with Gasteiger partial charge in [-0.15, -0.1) is 11.3 Å². The first-order valence-corrected chi connectivity index (χ1v) is 8.99. The number of thiazole rings is 1. The number of fused-ring (bicyclic) bond motifs is 1. The molecule has 5 nitrogen and oxygen atoms in total. The number of carbonyl (C=O) groups excluding carboxylic acids is 1. The molecule has 1 atom stereocenters. The molecule has 1 amide bonds. The normalized spacial score (nSPS) is 18.3. The van der Waals surface area contributed by atoms with Crippen molar-refractivity contribution in [3.8, 4) is 11.3 Å². The van der Waals surface area contributed by atoms with E-state index in [0.717, 1.165) is 35.7 Å². The summed E-state index contributed by atoms with van der Waals surface area (Å²) in [5.41, 5.74) is 2.67. The minimum atomic E-state index is 0.0681. The standard InChI is InChI=1S/C18H20N4OS/c1-20-9-8-14(10-20)21(2)17(23)16-12-24-18-19-15(11-22(16)18)13-6-4-3-5-7-13/h3-7,11-12,14H,8-10H2,1-2H3/t14-/m0/s1. The SMILES string of the molecule is CN1CC[C@H](N(C)C(=O)c2csc3nc(-c4ccccc4)cn23)C1. The van der Waals surface area contributed by atoms with Crippen molar-refractivity contribution in [2.24, 2.45) is 0 Å². The summed E-state index contributed by atoms with van der Waals surface area (Å²) in [5.74, 6) is 0.0681. The molecule has 3 aromatic rings. The fourth-order valence-electron chi connectivity index (χ4n) is 3.26. The maximum absolute atomic E-state index is 12.9. The Hall–Kier alpha value is -2.18. The van der Waals surface area contributed by atoms with Gasteiger partial charge in [0, 0.05) is 36.8 Å². The molecule has 0 unspecified atom stereocenters. The molecular weight excluding hydrogens is 320 g/mol. The Balaban J connectivity index is 1.64. The molecule has 0 spiro atoms. The lowest BCUT2D eigenvalue weighted by atomic mass is 10.2. The molecule has 3 heterocycles. The van der Waals surface area contributed by atoms with E-state index in [4.69, 9.17) is 0 Å². The number of amides is 1. The number of rotatable bonds is 3. The molecule has 6 heteroatoms. The Labute approximate surface area is 145 Å². The molecule has 2 aromatic heterocycles. The Morgan fingerprint density at radius 3 is 2.83 bits per heavy atom. The predicted octanol–water partition coefficient (Wildman–Crippen LogP) is 2.84. The maximum atomic E-state index is 12.9. The lowest BCUT2D eigenvalue weighted by Gasteiger charge is -2.24. The zero-order valence-electron chi connectivity index (χ0n) is 13.8. The fourth-order valence-corrected chi connectivity index (χ4v) is 4.11. The van der Waals surface area contributed by atoms with Gasteiger partial charge in [0.05, 0.1) is 5.69 Å². The van der Waals surface area contributed by atoms with Gasteiger partial charge in [0.2, 0.25) is 0 Å². The molecule has 0 aliphatic carbocycles. The van der Waals surface area contributed by atoms with E-state index in [1.165, 1.54) is 11.3 Å². The van der Waals surface area contributed by atoms with E-state index in [-0.39, 0.29) is 11.9 Å². The van der Waals surface area contributed by atoms with E-state index in [9.17, 15) is 4.79 Å². The Bertz CT molecular complexity index is 870. The average Bonchev–Trinajstić information content (AvgIpc) is 3.29. The number of hydrogen-bond donors (Lipinski definition) is 0. The van der Waals surface area contributed by atoms with E-state index >= 15 is 0 Å². The number of carbonyl (C=O) groups is 1. The van der Waals surface area contributed by atoms with Gasteiger partial charge in [0.1, 0.15) is 5.69 Å². The van der Waals surface area contributed by atoms with Crippen LogP contribution in [-0.2, 0) is 0 Å². The second-order valence-electron chi connectivity index (χ2n) is 6.39. The van der Waals surface area contributed by atoms with Crippen LogP contribution in [0.4, 0.5) is 0 Å². The van der Waals surface area contributed by atoms with Crippen molar-refractivity contribution in [1.29, 1.82) is 0 Å². The number of nitrogens with zero attached hydrogens (tertiary/aromatic N) is 4. The third-order valence-corrected chi connectivity index (χ3v) is 5.57. The highest BCUT2D eigenvalue weighted by Crippen LogP contribution is 2.25. The van der Waals surface area contributed by atoms with E-state index in [1.807, 2.05) is 58.3 Å². The van der Waals surface area contributed by atoms with Crippen molar-refractivity contribution in [3.05, 3.63) is 47.6 Å². The number of likely N-dealkylation sites (N-methyl/N-ethyl adjacent to an activating group) is 2. The molecule has 0 radical (unpaired) electrons. The van der Waals surface area contributed by atoms with Gasteiger partial charge in [-0.05, 0) is 20.0 Å². The third kappa shape index (κ3) is 2.61. The van der Waals surface area contributed by atoms with Crippen LogP contribution in [0.1, 0.15) is 16.9 Å². The summed E-state index contributed by atoms with van der Waals surface area (Å²) in [6.07, 6.45) is 2.99. The minimum Gasteiger partial charge on any atom is -0.336 e. The van der Waals surface area contributed by atoms with Crippen molar-refractivity contribution in [3.63, 3.8) is 0 Å². The van der Waals surface area contributed by atoms with Gasteiger partial charge in [-0.1, -0.05) is 30.3 Å². The van der Waals surface area contributed by atoms with Gasteiger partial charge in [0.25, 0.3) is 5.91 Å². The van der Waals surface area contributed by atoms with Crippen LogP contribution in [0.5, 0.6) is 0 Å². The Morgan fingerprint density at radius 1 is 1.33 bits per heavy atom. The first-order valence-electron chi connectivity index (χ1n) is 8.11. The van der Waals surface area contributed by atoms with Crippen molar-refractivity contribution in [2.45, 2.75) is 12.5 Å². The number of imidazole rings is 1. The van der Waals surface area contributed by atoms with Gasteiger partial charge in [0.15, 0.2) is 4.96 Å². The lowest BCUT2D eigenvalue weighted by molar-refractivity contribution is 0.0731. The molecule has 24 heavy (non-hydrogen) atoms. The summed E-state index contributed by atoms with van der Waals surface area (Å²) >= 11 is 1.51. The first kappa shape index (κ1) is 15.4. The average molecular weight is 340 g/mol. The van der Waals surface area contributed by atoms with Crippen LogP contribution in [-0.4, -0.2) is 58.3 Å². The molecule has 124 valence electrons. The minimum absolute atomic E-state index is 0.0681. The zero-order chi connectivity index (χ0) is 16.7. The van der Waals surface area contributed by atoms with E-state index in [2.05, 4.69) is 16.9 Å². The van der Waals surface area contributed by atoms with Crippen molar-refractivity contribution >= 4 is 22.2 Å². The molecular formula is C18H20N4OS. The van der Waals surface area contributed by atoms with Crippen molar-refractivity contribution in [1.82, 2.24) is 19.2 Å². The summed E-state index contributed by atoms with van der Waals surface area (Å²) in [6.45, 7) is 1.99. The monoisotopic (exact) mass is 340 g/mol. The van der Waals surface area contributed by atoms with Crippen LogP contribution in [0.3, 0.4) is 0 Å². The molecule has 0 bridgehead atoms. The van der Waals surface area contributed by atoms with Gasteiger partial charge < -0.3 is 9.80 Å². The smallest absolute Gasteiger partial charge is 0.271 e. The summed E-state index contributed by atoms with van der Waals surface area (Å²) in [5, 5.41) is 1.91. The van der Waals surface area contributed by atoms with Crippen LogP contribution in [0, 0.1) is 0 Å². The zero-order valence-corrected chi connectivity index (χ0v) is 14.7. The molecule has 4 rings (SSSR count). The number of benzene rings is 1. The highest BCUT2D eigenvalue weighted by Gasteiger charge is 2.28. The predicted molar refractivity (Wildman–Crippen MR) is 96.5 cm³/mol.